The Kier molecular flexibility index (Phi) is 4.17. The van der Waals surface area contributed by atoms with Crippen LogP contribution in [0.15, 0.2) is 41.3 Å². The molecule has 2 aliphatic rings. The molecule has 4 heterocycles. The van der Waals surface area contributed by atoms with E-state index in [1.54, 1.807) is 24.7 Å². The summed E-state index contributed by atoms with van der Waals surface area (Å²) in [5.41, 5.74) is 0. The van der Waals surface area contributed by atoms with Gasteiger partial charge in [0.05, 0.1) is 24.8 Å². The maximum atomic E-state index is 12.7. The van der Waals surface area contributed by atoms with Gasteiger partial charge >= 0.3 is 0 Å². The zero-order chi connectivity index (χ0) is 16.4. The highest BCUT2D eigenvalue weighted by Gasteiger charge is 2.44. The van der Waals surface area contributed by atoms with Gasteiger partial charge in [-0.15, -0.1) is 0 Å². The number of anilines is 1. The van der Waals surface area contributed by atoms with E-state index in [1.165, 1.54) is 0 Å². The first-order valence-electron chi connectivity index (χ1n) is 8.25. The highest BCUT2D eigenvalue weighted by molar-refractivity contribution is 5.80. The van der Waals surface area contributed by atoms with Crippen LogP contribution in [0.25, 0.3) is 0 Å². The molecule has 2 fully saturated rings. The van der Waals surface area contributed by atoms with Gasteiger partial charge in [0.2, 0.25) is 11.9 Å². The number of carbonyl (C=O) groups is 1. The number of hydrogen-bond acceptors (Lipinski definition) is 6. The number of nitrogens with zero attached hydrogens (tertiary/aromatic N) is 3. The van der Waals surface area contributed by atoms with Crippen LogP contribution in [0.5, 0.6) is 0 Å². The number of aromatic nitrogens is 2. The van der Waals surface area contributed by atoms with Crippen molar-refractivity contribution in [3.63, 3.8) is 0 Å². The van der Waals surface area contributed by atoms with Crippen LogP contribution < -0.4 is 10.2 Å². The largest absolute Gasteiger partial charge is 0.467 e. The van der Waals surface area contributed by atoms with Gasteiger partial charge in [0.1, 0.15) is 5.76 Å². The lowest BCUT2D eigenvalue weighted by molar-refractivity contribution is -0.128. The molecule has 0 unspecified atom stereocenters. The van der Waals surface area contributed by atoms with Crippen molar-refractivity contribution >= 4 is 11.9 Å². The van der Waals surface area contributed by atoms with E-state index in [2.05, 4.69) is 15.3 Å². The molecule has 0 bridgehead atoms. The second-order valence-electron chi connectivity index (χ2n) is 6.22. The third-order valence-electron chi connectivity index (χ3n) is 4.78. The number of piperidine rings is 1. The first kappa shape index (κ1) is 15.1. The van der Waals surface area contributed by atoms with Crippen LogP contribution in [-0.2, 0) is 16.1 Å². The van der Waals surface area contributed by atoms with E-state index in [9.17, 15) is 4.79 Å². The lowest BCUT2D eigenvalue weighted by Crippen LogP contribution is -2.53. The van der Waals surface area contributed by atoms with E-state index in [0.29, 0.717) is 25.6 Å². The second-order valence-corrected chi connectivity index (χ2v) is 6.22. The van der Waals surface area contributed by atoms with E-state index >= 15 is 0 Å². The summed E-state index contributed by atoms with van der Waals surface area (Å²) in [6.07, 6.45) is 6.03. The van der Waals surface area contributed by atoms with Gasteiger partial charge in [-0.1, -0.05) is 0 Å². The van der Waals surface area contributed by atoms with Crippen LogP contribution in [0.1, 0.15) is 12.2 Å². The summed E-state index contributed by atoms with van der Waals surface area (Å²) >= 11 is 0. The normalized spacial score (nSPS) is 26.2. The summed E-state index contributed by atoms with van der Waals surface area (Å²) in [5.74, 6) is 1.55. The molecule has 0 radical (unpaired) electrons. The van der Waals surface area contributed by atoms with Crippen molar-refractivity contribution in [2.24, 2.45) is 11.8 Å². The fraction of sp³-hybridized carbons (Fsp3) is 0.471. The number of fused-ring (bicyclic) bond motifs is 1. The van der Waals surface area contributed by atoms with Crippen molar-refractivity contribution < 1.29 is 13.9 Å². The molecule has 1 N–H and O–H groups in total. The third kappa shape index (κ3) is 2.99. The Labute approximate surface area is 140 Å². The van der Waals surface area contributed by atoms with Gasteiger partial charge in [-0.3, -0.25) is 4.79 Å². The molecule has 0 spiro atoms. The van der Waals surface area contributed by atoms with Gasteiger partial charge in [-0.2, -0.15) is 0 Å². The zero-order valence-electron chi connectivity index (χ0n) is 13.3. The Morgan fingerprint density at radius 2 is 2.17 bits per heavy atom. The van der Waals surface area contributed by atoms with Gasteiger partial charge in [0, 0.05) is 38.0 Å². The summed E-state index contributed by atoms with van der Waals surface area (Å²) < 4.78 is 11.1. The van der Waals surface area contributed by atoms with Gasteiger partial charge in [0.25, 0.3) is 0 Å². The molecule has 2 aromatic heterocycles. The minimum Gasteiger partial charge on any atom is -0.467 e. The van der Waals surface area contributed by atoms with Gasteiger partial charge in [0.15, 0.2) is 0 Å². The highest BCUT2D eigenvalue weighted by Crippen LogP contribution is 2.34. The van der Waals surface area contributed by atoms with Crippen LogP contribution >= 0.6 is 0 Å². The average Bonchev–Trinajstić information content (AvgIpc) is 3.31. The zero-order valence-corrected chi connectivity index (χ0v) is 13.3. The fourth-order valence-corrected chi connectivity index (χ4v) is 3.59. The smallest absolute Gasteiger partial charge is 0.225 e. The monoisotopic (exact) mass is 328 g/mol. The minimum atomic E-state index is -0.134. The first-order valence-corrected chi connectivity index (χ1v) is 8.25. The van der Waals surface area contributed by atoms with E-state index in [4.69, 9.17) is 9.15 Å². The second kappa shape index (κ2) is 6.60. The van der Waals surface area contributed by atoms with Crippen molar-refractivity contribution in [3.8, 4) is 0 Å². The fourth-order valence-electron chi connectivity index (χ4n) is 3.59. The van der Waals surface area contributed by atoms with Crippen LogP contribution in [0.4, 0.5) is 5.95 Å². The SMILES string of the molecule is O=C(NCc1ccco1)[C@@H]1CN(c2ncccn2)C[C@H]2OCC[C@H]21. The number of amides is 1. The van der Waals surface area contributed by atoms with Crippen molar-refractivity contribution in [3.05, 3.63) is 42.6 Å². The lowest BCUT2D eigenvalue weighted by atomic mass is 9.82. The molecule has 7 heteroatoms. The Hall–Kier alpha value is -2.41. The number of rotatable bonds is 4. The summed E-state index contributed by atoms with van der Waals surface area (Å²) in [6, 6.07) is 5.46. The standard InChI is InChI=1S/C17H20N4O3/c22-16(20-9-12-3-1-7-23-12)14-10-21(17-18-5-2-6-19-17)11-15-13(14)4-8-24-15/h1-3,5-7,13-15H,4,8-11H2,(H,20,22)/t13-,14+,15+/m0/s1. The summed E-state index contributed by atoms with van der Waals surface area (Å²) in [5, 5.41) is 2.98. The number of hydrogen-bond donors (Lipinski definition) is 1. The van der Waals surface area contributed by atoms with E-state index < -0.39 is 0 Å². The van der Waals surface area contributed by atoms with E-state index in [0.717, 1.165) is 18.7 Å². The van der Waals surface area contributed by atoms with Crippen LogP contribution in [0.3, 0.4) is 0 Å². The lowest BCUT2D eigenvalue weighted by Gasteiger charge is -2.39. The topological polar surface area (TPSA) is 80.5 Å². The van der Waals surface area contributed by atoms with E-state index in [1.807, 2.05) is 17.0 Å². The summed E-state index contributed by atoms with van der Waals surface area (Å²) in [4.78, 5) is 23.4. The molecule has 126 valence electrons. The van der Waals surface area contributed by atoms with Crippen LogP contribution in [-0.4, -0.2) is 41.7 Å². The molecule has 2 saturated heterocycles. The Morgan fingerprint density at radius 3 is 2.96 bits per heavy atom. The molecule has 0 aromatic carbocycles. The minimum absolute atomic E-state index is 0.0348. The maximum Gasteiger partial charge on any atom is 0.225 e. The molecule has 0 saturated carbocycles. The van der Waals surface area contributed by atoms with Crippen molar-refractivity contribution in [2.45, 2.75) is 19.1 Å². The van der Waals surface area contributed by atoms with Crippen LogP contribution in [0.2, 0.25) is 0 Å². The van der Waals surface area contributed by atoms with Gasteiger partial charge < -0.3 is 19.4 Å². The molecule has 3 atom stereocenters. The van der Waals surface area contributed by atoms with Crippen molar-refractivity contribution in [1.29, 1.82) is 0 Å². The van der Waals surface area contributed by atoms with Crippen LogP contribution in [0, 0.1) is 11.8 Å². The molecule has 1 amide bonds. The molecule has 2 aromatic rings. The summed E-state index contributed by atoms with van der Waals surface area (Å²) in [7, 11) is 0. The van der Waals surface area contributed by atoms with Crippen molar-refractivity contribution in [1.82, 2.24) is 15.3 Å². The molecular formula is C17H20N4O3. The number of ether oxygens (including phenoxy) is 1. The van der Waals surface area contributed by atoms with Gasteiger partial charge in [-0.25, -0.2) is 9.97 Å². The predicted molar refractivity (Wildman–Crippen MR) is 86.1 cm³/mol. The average molecular weight is 328 g/mol. The molecule has 4 rings (SSSR count). The Balaban J connectivity index is 1.48. The molecule has 2 aliphatic heterocycles. The third-order valence-corrected chi connectivity index (χ3v) is 4.78. The molecule has 24 heavy (non-hydrogen) atoms. The number of furan rings is 1. The molecule has 0 aliphatic carbocycles. The Morgan fingerprint density at radius 1 is 1.29 bits per heavy atom. The quantitative estimate of drug-likeness (QED) is 0.909. The Bertz CT molecular complexity index is 676. The number of carbonyl (C=O) groups excluding carboxylic acids is 1. The summed E-state index contributed by atoms with van der Waals surface area (Å²) in [6.45, 7) is 2.46. The van der Waals surface area contributed by atoms with E-state index in [-0.39, 0.29) is 23.8 Å². The predicted octanol–water partition coefficient (Wildman–Crippen LogP) is 1.23. The van der Waals surface area contributed by atoms with Gasteiger partial charge in [-0.05, 0) is 24.6 Å². The maximum absolute atomic E-state index is 12.7. The number of nitrogens with one attached hydrogen (secondary N) is 1. The first-order chi connectivity index (χ1) is 11.8. The van der Waals surface area contributed by atoms with Crippen molar-refractivity contribution in [2.75, 3.05) is 24.6 Å². The molecular weight excluding hydrogens is 308 g/mol. The molecule has 7 nitrogen and oxygen atoms in total. The highest BCUT2D eigenvalue weighted by atomic mass is 16.5.